The summed E-state index contributed by atoms with van der Waals surface area (Å²) in [7, 11) is -3.48. The Balaban J connectivity index is 1.11. The number of hydrogen-bond acceptors (Lipinski definition) is 10. The molecule has 2 aromatic heterocycles. The van der Waals surface area contributed by atoms with Gasteiger partial charge in [0, 0.05) is 63.2 Å². The predicted octanol–water partition coefficient (Wildman–Crippen LogP) is 2.77. The van der Waals surface area contributed by atoms with E-state index in [0.29, 0.717) is 30.7 Å². The molecule has 0 unspecified atom stereocenters. The van der Waals surface area contributed by atoms with Gasteiger partial charge in [-0.3, -0.25) is 4.31 Å². The smallest absolute Gasteiger partial charge is 0.324 e. The molecule has 38 heavy (non-hydrogen) atoms. The second kappa shape index (κ2) is 10.0. The lowest BCUT2D eigenvalue weighted by molar-refractivity contribution is 0.161. The highest BCUT2D eigenvalue weighted by Crippen LogP contribution is 2.37. The Bertz CT molecular complexity index is 1400. The number of anilines is 4. The Hall–Kier alpha value is -3.45. The lowest BCUT2D eigenvalue weighted by Gasteiger charge is -2.30. The van der Waals surface area contributed by atoms with E-state index in [1.807, 2.05) is 38.1 Å². The quantitative estimate of drug-likeness (QED) is 0.498. The first-order chi connectivity index (χ1) is 18.4. The molecule has 0 bridgehead atoms. The Kier molecular flexibility index (Phi) is 6.56. The molecule has 0 amide bonds. The fourth-order valence-corrected chi connectivity index (χ4v) is 6.46. The van der Waals surface area contributed by atoms with Gasteiger partial charge in [0.2, 0.25) is 5.88 Å². The Morgan fingerprint density at radius 2 is 1.95 bits per heavy atom. The number of rotatable bonds is 6. The van der Waals surface area contributed by atoms with Crippen LogP contribution in [-0.4, -0.2) is 67.4 Å². The molecule has 0 saturated carbocycles. The molecular formula is C25H32N8O4S. The molecule has 6 rings (SSSR count). The van der Waals surface area contributed by atoms with Crippen LogP contribution < -0.4 is 23.6 Å². The second-order valence-electron chi connectivity index (χ2n) is 10.1. The van der Waals surface area contributed by atoms with E-state index < -0.39 is 10.2 Å². The minimum absolute atomic E-state index is 0.0371. The van der Waals surface area contributed by atoms with Crippen LogP contribution >= 0.6 is 0 Å². The zero-order chi connectivity index (χ0) is 26.3. The molecule has 1 aromatic carbocycles. The van der Waals surface area contributed by atoms with Crippen molar-refractivity contribution < 1.29 is 17.7 Å². The molecule has 13 heteroatoms. The molecule has 0 spiro atoms. The van der Waals surface area contributed by atoms with Gasteiger partial charge in [0.25, 0.3) is 0 Å². The van der Waals surface area contributed by atoms with E-state index >= 15 is 0 Å². The number of piperidine rings is 1. The Morgan fingerprint density at radius 1 is 1.11 bits per heavy atom. The average molecular weight is 541 g/mol. The topological polar surface area (TPSA) is 130 Å². The maximum Gasteiger partial charge on any atom is 0.324 e. The van der Waals surface area contributed by atoms with Crippen molar-refractivity contribution in [3.05, 3.63) is 42.0 Å². The van der Waals surface area contributed by atoms with Crippen LogP contribution in [0.5, 0.6) is 5.88 Å². The van der Waals surface area contributed by atoms with E-state index in [0.717, 1.165) is 68.2 Å². The molecule has 1 N–H and O–H groups in total. The van der Waals surface area contributed by atoms with Crippen LogP contribution in [0.1, 0.15) is 50.4 Å². The van der Waals surface area contributed by atoms with Gasteiger partial charge in [0.1, 0.15) is 18.2 Å². The Morgan fingerprint density at radius 3 is 2.71 bits per heavy atom. The van der Waals surface area contributed by atoms with Crippen LogP contribution in [0.4, 0.5) is 23.2 Å². The zero-order valence-electron chi connectivity index (χ0n) is 21.6. The van der Waals surface area contributed by atoms with Crippen LogP contribution in [0.15, 0.2) is 35.1 Å². The van der Waals surface area contributed by atoms with Crippen molar-refractivity contribution in [2.75, 3.05) is 46.8 Å². The predicted molar refractivity (Wildman–Crippen MR) is 142 cm³/mol. The number of benzene rings is 1. The van der Waals surface area contributed by atoms with Crippen molar-refractivity contribution in [3.8, 4) is 5.88 Å². The number of hydrogen-bond donors (Lipinski definition) is 1. The maximum absolute atomic E-state index is 12.4. The maximum atomic E-state index is 12.4. The molecule has 0 radical (unpaired) electrons. The number of ether oxygens (including phenoxy) is 1. The number of nitrogens with zero attached hydrogens (tertiary/aromatic N) is 7. The van der Waals surface area contributed by atoms with Gasteiger partial charge in [-0.25, -0.2) is 9.97 Å². The monoisotopic (exact) mass is 540 g/mol. The molecule has 202 valence electrons. The summed E-state index contributed by atoms with van der Waals surface area (Å²) in [6, 6.07) is 8.26. The van der Waals surface area contributed by atoms with E-state index in [4.69, 9.17) is 9.26 Å². The van der Waals surface area contributed by atoms with Crippen LogP contribution in [0.3, 0.4) is 0 Å². The Labute approximate surface area is 222 Å². The molecule has 3 aromatic rings. The molecule has 2 fully saturated rings. The summed E-state index contributed by atoms with van der Waals surface area (Å²) < 4.78 is 40.6. The third-order valence-corrected chi connectivity index (χ3v) is 8.75. The number of aromatic nitrogens is 4. The summed E-state index contributed by atoms with van der Waals surface area (Å²) in [6.07, 6.45) is 4.79. The van der Waals surface area contributed by atoms with E-state index in [9.17, 15) is 8.42 Å². The van der Waals surface area contributed by atoms with Gasteiger partial charge in [-0.15, -0.1) is 0 Å². The largest absolute Gasteiger partial charge is 0.474 e. The van der Waals surface area contributed by atoms with Crippen LogP contribution in [0.2, 0.25) is 0 Å². The lowest BCUT2D eigenvalue weighted by Crippen LogP contribution is -2.47. The first kappa shape index (κ1) is 24.9. The van der Waals surface area contributed by atoms with Crippen molar-refractivity contribution in [2.45, 2.75) is 51.6 Å². The molecular weight excluding hydrogens is 508 g/mol. The van der Waals surface area contributed by atoms with Crippen molar-refractivity contribution in [1.82, 2.24) is 24.8 Å². The molecule has 2 saturated heterocycles. The van der Waals surface area contributed by atoms with Gasteiger partial charge in [-0.1, -0.05) is 19.0 Å². The van der Waals surface area contributed by atoms with E-state index in [2.05, 4.69) is 34.6 Å². The molecule has 3 aliphatic rings. The minimum atomic E-state index is -3.48. The highest BCUT2D eigenvalue weighted by Gasteiger charge is 2.29. The molecule has 12 nitrogen and oxygen atoms in total. The number of fused-ring (bicyclic) bond motifs is 1. The summed E-state index contributed by atoms with van der Waals surface area (Å²) in [5, 5.41) is 4.06. The van der Waals surface area contributed by atoms with Gasteiger partial charge in [-0.05, 0) is 36.6 Å². The average Bonchev–Trinajstić information content (AvgIpc) is 3.57. The number of nitrogens with one attached hydrogen (secondary N) is 1. The molecule has 5 heterocycles. The lowest BCUT2D eigenvalue weighted by atomic mass is 10.1. The summed E-state index contributed by atoms with van der Waals surface area (Å²) in [5.41, 5.74) is 2.81. The van der Waals surface area contributed by atoms with Crippen LogP contribution in [0, 0.1) is 0 Å². The fraction of sp³-hybridized carbons (Fsp3) is 0.520. The van der Waals surface area contributed by atoms with Gasteiger partial charge in [-0.2, -0.15) is 18.1 Å². The highest BCUT2D eigenvalue weighted by atomic mass is 32.2. The van der Waals surface area contributed by atoms with Crippen molar-refractivity contribution in [3.63, 3.8) is 0 Å². The third-order valence-electron chi connectivity index (χ3n) is 7.21. The zero-order valence-corrected chi connectivity index (χ0v) is 22.4. The highest BCUT2D eigenvalue weighted by molar-refractivity contribution is 7.90. The normalized spacial score (nSPS) is 19.7. The third kappa shape index (κ3) is 4.87. The van der Waals surface area contributed by atoms with Crippen molar-refractivity contribution >= 4 is 33.4 Å². The fourth-order valence-electron chi connectivity index (χ4n) is 5.14. The van der Waals surface area contributed by atoms with Gasteiger partial charge in [0.05, 0.1) is 5.69 Å². The van der Waals surface area contributed by atoms with Gasteiger partial charge >= 0.3 is 16.2 Å². The summed E-state index contributed by atoms with van der Waals surface area (Å²) >= 11 is 0. The van der Waals surface area contributed by atoms with Crippen molar-refractivity contribution in [2.24, 2.45) is 0 Å². The molecule has 0 aliphatic carbocycles. The van der Waals surface area contributed by atoms with Gasteiger partial charge in [0.15, 0.2) is 5.82 Å². The van der Waals surface area contributed by atoms with Gasteiger partial charge < -0.3 is 19.1 Å². The first-order valence-electron chi connectivity index (χ1n) is 13.1. The van der Waals surface area contributed by atoms with E-state index in [-0.39, 0.29) is 12.0 Å². The second-order valence-corrected chi connectivity index (χ2v) is 11.8. The molecule has 0 atom stereocenters. The van der Waals surface area contributed by atoms with E-state index in [1.165, 1.54) is 10.6 Å². The summed E-state index contributed by atoms with van der Waals surface area (Å²) in [6.45, 7) is 7.34. The van der Waals surface area contributed by atoms with E-state index in [1.54, 1.807) is 0 Å². The standard InChI is InChI=1S/C25H32N8O4S/c1-17(2)24-29-25(37-30-24)31-11-7-20(8-12-31)36-23-15-22(26-16-27-23)32-13-6-18-14-19(4-5-21(18)32)33-10-3-9-28-38(33,34)35/h4-5,14-17,20,28H,3,6-13H2,1-2H3. The minimum Gasteiger partial charge on any atom is -0.474 e. The van der Waals surface area contributed by atoms with Crippen molar-refractivity contribution in [1.29, 1.82) is 0 Å². The summed E-state index contributed by atoms with van der Waals surface area (Å²) in [4.78, 5) is 17.6. The van der Waals surface area contributed by atoms with Crippen LogP contribution in [-0.2, 0) is 16.6 Å². The SMILES string of the molecule is CC(C)c1noc(N2CCC(Oc3cc(N4CCc5cc(N6CCCNS6(=O)=O)ccc54)ncn3)CC2)n1. The molecule has 3 aliphatic heterocycles. The summed E-state index contributed by atoms with van der Waals surface area (Å²) in [5.74, 6) is 2.26. The van der Waals surface area contributed by atoms with Crippen LogP contribution in [0.25, 0.3) is 0 Å². The first-order valence-corrected chi connectivity index (χ1v) is 14.6.